The van der Waals surface area contributed by atoms with Gasteiger partial charge in [-0.15, -0.1) is 0 Å². The van der Waals surface area contributed by atoms with E-state index in [0.717, 1.165) is 29.7 Å². The van der Waals surface area contributed by atoms with Gasteiger partial charge in [-0.05, 0) is 36.3 Å². The van der Waals surface area contributed by atoms with Crippen molar-refractivity contribution < 1.29 is 9.47 Å². The first-order valence-electron chi connectivity index (χ1n) is 9.60. The standard InChI is InChI=1S/C22H21N5O2/c1-28-21-18(13-24-22(25-21)29-2)19-12-17(20-23-8-9-27(20)26-19)16-11-15(16)10-14-6-4-3-5-7-14/h3-9,12-13,15-16H,10-11H2,1-2H3/t15-,16-/m0/s1. The van der Waals surface area contributed by atoms with Gasteiger partial charge < -0.3 is 9.47 Å². The Labute approximate surface area is 168 Å². The van der Waals surface area contributed by atoms with E-state index in [4.69, 9.17) is 14.6 Å². The maximum absolute atomic E-state index is 5.46. The fourth-order valence-corrected chi connectivity index (χ4v) is 3.90. The van der Waals surface area contributed by atoms with E-state index >= 15 is 0 Å². The molecule has 3 aromatic heterocycles. The van der Waals surface area contributed by atoms with Crippen LogP contribution in [0.2, 0.25) is 0 Å². The number of aromatic nitrogens is 5. The molecular formula is C22H21N5O2. The minimum atomic E-state index is 0.264. The summed E-state index contributed by atoms with van der Waals surface area (Å²) >= 11 is 0. The molecule has 1 saturated carbocycles. The van der Waals surface area contributed by atoms with Crippen molar-refractivity contribution >= 4 is 5.65 Å². The van der Waals surface area contributed by atoms with Gasteiger partial charge in [-0.2, -0.15) is 10.1 Å². The van der Waals surface area contributed by atoms with Gasteiger partial charge in [-0.3, -0.25) is 0 Å². The SMILES string of the molecule is COc1ncc(-c2cc([C@H]3C[C@@H]3Cc3ccccc3)c3nccn3n2)c(OC)n1. The quantitative estimate of drug-likeness (QED) is 0.504. The summed E-state index contributed by atoms with van der Waals surface area (Å²) in [5.74, 6) is 1.51. The summed E-state index contributed by atoms with van der Waals surface area (Å²) < 4.78 is 12.4. The van der Waals surface area contributed by atoms with E-state index in [1.165, 1.54) is 18.2 Å². The zero-order valence-corrected chi connectivity index (χ0v) is 16.3. The fraction of sp³-hybridized carbons (Fsp3) is 0.273. The predicted molar refractivity (Wildman–Crippen MR) is 108 cm³/mol. The molecule has 0 saturated heterocycles. The topological polar surface area (TPSA) is 74.4 Å². The third-order valence-corrected chi connectivity index (χ3v) is 5.43. The van der Waals surface area contributed by atoms with Gasteiger partial charge in [0.25, 0.3) is 0 Å². The molecule has 1 aromatic carbocycles. The summed E-state index contributed by atoms with van der Waals surface area (Å²) in [7, 11) is 3.11. The molecule has 7 nitrogen and oxygen atoms in total. The summed E-state index contributed by atoms with van der Waals surface area (Å²) in [6, 6.07) is 13.0. The minimum Gasteiger partial charge on any atom is -0.480 e. The van der Waals surface area contributed by atoms with Crippen LogP contribution in [0.1, 0.15) is 23.5 Å². The second kappa shape index (κ2) is 7.16. The normalized spacial score (nSPS) is 18.0. The van der Waals surface area contributed by atoms with Gasteiger partial charge in [0.15, 0.2) is 5.65 Å². The Morgan fingerprint density at radius 3 is 2.76 bits per heavy atom. The number of methoxy groups -OCH3 is 2. The maximum Gasteiger partial charge on any atom is 0.319 e. The lowest BCUT2D eigenvalue weighted by atomic mass is 10.0. The van der Waals surface area contributed by atoms with Gasteiger partial charge in [0.2, 0.25) is 5.88 Å². The van der Waals surface area contributed by atoms with Crippen molar-refractivity contribution in [2.75, 3.05) is 14.2 Å². The minimum absolute atomic E-state index is 0.264. The molecule has 7 heteroatoms. The van der Waals surface area contributed by atoms with E-state index in [0.29, 0.717) is 17.7 Å². The molecule has 0 aliphatic heterocycles. The molecular weight excluding hydrogens is 366 g/mol. The molecule has 0 N–H and O–H groups in total. The third kappa shape index (κ3) is 3.29. The summed E-state index contributed by atoms with van der Waals surface area (Å²) in [6.07, 6.45) is 7.57. The Bertz CT molecular complexity index is 1160. The molecule has 1 aliphatic carbocycles. The van der Waals surface area contributed by atoms with Crippen molar-refractivity contribution in [3.63, 3.8) is 0 Å². The number of benzene rings is 1. The van der Waals surface area contributed by atoms with Crippen LogP contribution in [0.4, 0.5) is 0 Å². The molecule has 0 unspecified atom stereocenters. The van der Waals surface area contributed by atoms with Crippen LogP contribution in [0.15, 0.2) is 55.0 Å². The molecule has 2 atom stereocenters. The summed E-state index contributed by atoms with van der Waals surface area (Å²) in [5, 5.41) is 4.70. The van der Waals surface area contributed by atoms with E-state index in [1.807, 2.05) is 10.7 Å². The van der Waals surface area contributed by atoms with E-state index < -0.39 is 0 Å². The predicted octanol–water partition coefficient (Wildman–Crippen LogP) is 3.55. The zero-order valence-electron chi connectivity index (χ0n) is 16.3. The Morgan fingerprint density at radius 2 is 1.97 bits per heavy atom. The van der Waals surface area contributed by atoms with Crippen molar-refractivity contribution in [2.45, 2.75) is 18.8 Å². The maximum atomic E-state index is 5.46. The van der Waals surface area contributed by atoms with E-state index in [2.05, 4.69) is 51.4 Å². The highest BCUT2D eigenvalue weighted by Gasteiger charge is 2.40. The molecule has 1 aliphatic rings. The average Bonchev–Trinajstić information content (AvgIpc) is 3.35. The van der Waals surface area contributed by atoms with E-state index in [1.54, 1.807) is 19.5 Å². The molecule has 3 heterocycles. The number of ether oxygens (including phenoxy) is 2. The second-order valence-electron chi connectivity index (χ2n) is 7.25. The first-order valence-corrected chi connectivity index (χ1v) is 9.60. The summed E-state index contributed by atoms with van der Waals surface area (Å²) in [6.45, 7) is 0. The molecule has 5 rings (SSSR count). The first-order chi connectivity index (χ1) is 14.3. The van der Waals surface area contributed by atoms with Crippen LogP contribution in [0.3, 0.4) is 0 Å². The van der Waals surface area contributed by atoms with Crippen LogP contribution in [0, 0.1) is 5.92 Å². The number of nitrogens with zero attached hydrogens (tertiary/aromatic N) is 5. The fourth-order valence-electron chi connectivity index (χ4n) is 3.90. The molecule has 1 fully saturated rings. The van der Waals surface area contributed by atoms with Crippen molar-refractivity contribution in [1.82, 2.24) is 24.6 Å². The second-order valence-corrected chi connectivity index (χ2v) is 7.25. The lowest BCUT2D eigenvalue weighted by Gasteiger charge is -2.10. The van der Waals surface area contributed by atoms with Crippen LogP contribution in [-0.2, 0) is 6.42 Å². The van der Waals surface area contributed by atoms with Crippen molar-refractivity contribution in [3.8, 4) is 23.1 Å². The number of hydrogen-bond donors (Lipinski definition) is 0. The van der Waals surface area contributed by atoms with E-state index in [-0.39, 0.29) is 6.01 Å². The highest BCUT2D eigenvalue weighted by molar-refractivity contribution is 5.67. The Kier molecular flexibility index (Phi) is 4.35. The van der Waals surface area contributed by atoms with Crippen molar-refractivity contribution in [1.29, 1.82) is 0 Å². The van der Waals surface area contributed by atoms with Gasteiger partial charge in [-0.25, -0.2) is 14.5 Å². The summed E-state index contributed by atoms with van der Waals surface area (Å²) in [4.78, 5) is 13.1. The van der Waals surface area contributed by atoms with Crippen LogP contribution in [0.25, 0.3) is 16.9 Å². The smallest absolute Gasteiger partial charge is 0.319 e. The Hall–Kier alpha value is -3.48. The first kappa shape index (κ1) is 17.6. The lowest BCUT2D eigenvalue weighted by molar-refractivity contribution is 0.353. The third-order valence-electron chi connectivity index (χ3n) is 5.43. The largest absolute Gasteiger partial charge is 0.480 e. The van der Waals surface area contributed by atoms with Crippen LogP contribution in [0.5, 0.6) is 11.9 Å². The van der Waals surface area contributed by atoms with Gasteiger partial charge in [-0.1, -0.05) is 30.3 Å². The van der Waals surface area contributed by atoms with Crippen LogP contribution >= 0.6 is 0 Å². The monoisotopic (exact) mass is 387 g/mol. The average molecular weight is 387 g/mol. The molecule has 29 heavy (non-hydrogen) atoms. The highest BCUT2D eigenvalue weighted by Crippen LogP contribution is 2.50. The van der Waals surface area contributed by atoms with Crippen LogP contribution in [-0.4, -0.2) is 38.8 Å². The van der Waals surface area contributed by atoms with E-state index in [9.17, 15) is 0 Å². The zero-order chi connectivity index (χ0) is 19.8. The molecule has 146 valence electrons. The van der Waals surface area contributed by atoms with Crippen molar-refractivity contribution in [2.24, 2.45) is 5.92 Å². The highest BCUT2D eigenvalue weighted by atomic mass is 16.5. The molecule has 0 amide bonds. The van der Waals surface area contributed by atoms with Crippen molar-refractivity contribution in [3.05, 3.63) is 66.1 Å². The summed E-state index contributed by atoms with van der Waals surface area (Å²) in [5.41, 5.74) is 4.97. The van der Waals surface area contributed by atoms with Gasteiger partial charge >= 0.3 is 6.01 Å². The Balaban J connectivity index is 1.52. The van der Waals surface area contributed by atoms with Gasteiger partial charge in [0, 0.05) is 24.2 Å². The number of rotatable bonds is 6. The van der Waals surface area contributed by atoms with Crippen LogP contribution < -0.4 is 9.47 Å². The molecule has 0 radical (unpaired) electrons. The molecule has 0 spiro atoms. The molecule has 4 aromatic rings. The number of hydrogen-bond acceptors (Lipinski definition) is 6. The number of fused-ring (bicyclic) bond motifs is 1. The Morgan fingerprint density at radius 1 is 1.10 bits per heavy atom. The number of imidazole rings is 1. The molecule has 0 bridgehead atoms. The van der Waals surface area contributed by atoms with Gasteiger partial charge in [0.05, 0.1) is 25.5 Å². The van der Waals surface area contributed by atoms with Gasteiger partial charge in [0.1, 0.15) is 0 Å². The lowest BCUT2D eigenvalue weighted by Crippen LogP contribution is -2.03.